The average molecular weight is 327 g/mol. The fourth-order valence-corrected chi connectivity index (χ4v) is 1.96. The molecule has 0 bridgehead atoms. The minimum Gasteiger partial charge on any atom is -0.454 e. The van der Waals surface area contributed by atoms with Gasteiger partial charge in [-0.15, -0.1) is 0 Å². The van der Waals surface area contributed by atoms with Crippen molar-refractivity contribution in [3.8, 4) is 0 Å². The van der Waals surface area contributed by atoms with E-state index in [2.05, 4.69) is 10.9 Å². The average Bonchev–Trinajstić information content (AvgIpc) is 3.05. The van der Waals surface area contributed by atoms with Crippen LogP contribution >= 0.6 is 11.6 Å². The van der Waals surface area contributed by atoms with Crippen molar-refractivity contribution < 1.29 is 23.9 Å². The summed E-state index contributed by atoms with van der Waals surface area (Å²) in [6.45, 7) is 0.0305. The van der Waals surface area contributed by atoms with Gasteiger partial charge in [-0.1, -0.05) is 11.6 Å². The SMILES string of the molecule is O=C(COC(=O)[C@@H]1CCCO1)NNC(=O)c1ccc(Cl)cc1. The van der Waals surface area contributed by atoms with E-state index in [4.69, 9.17) is 21.1 Å². The molecule has 1 heterocycles. The monoisotopic (exact) mass is 326 g/mol. The third-order valence-electron chi connectivity index (χ3n) is 2.96. The van der Waals surface area contributed by atoms with Crippen LogP contribution in [-0.4, -0.2) is 37.1 Å². The molecule has 0 aromatic heterocycles. The van der Waals surface area contributed by atoms with Crippen LogP contribution in [0.5, 0.6) is 0 Å². The van der Waals surface area contributed by atoms with Crippen molar-refractivity contribution in [1.82, 2.24) is 10.9 Å². The first-order chi connectivity index (χ1) is 10.6. The van der Waals surface area contributed by atoms with Crippen LogP contribution in [0.25, 0.3) is 0 Å². The second kappa shape index (κ2) is 7.77. The first-order valence-electron chi connectivity index (χ1n) is 6.69. The summed E-state index contributed by atoms with van der Waals surface area (Å²) in [5, 5.41) is 0.502. The maximum atomic E-state index is 11.7. The molecule has 8 heteroatoms. The van der Waals surface area contributed by atoms with Crippen molar-refractivity contribution in [2.75, 3.05) is 13.2 Å². The molecule has 2 rings (SSSR count). The lowest BCUT2D eigenvalue weighted by atomic mass is 10.2. The van der Waals surface area contributed by atoms with Crippen molar-refractivity contribution >= 4 is 29.4 Å². The van der Waals surface area contributed by atoms with Crippen LogP contribution in [0.3, 0.4) is 0 Å². The number of hydrogen-bond acceptors (Lipinski definition) is 5. The highest BCUT2D eigenvalue weighted by Gasteiger charge is 2.25. The van der Waals surface area contributed by atoms with E-state index in [0.717, 1.165) is 6.42 Å². The fourth-order valence-electron chi connectivity index (χ4n) is 1.83. The number of halogens is 1. The first kappa shape index (κ1) is 16.3. The molecule has 118 valence electrons. The third kappa shape index (κ3) is 4.71. The minimum atomic E-state index is -0.645. The summed E-state index contributed by atoms with van der Waals surface area (Å²) in [7, 11) is 0. The number of amides is 2. The second-order valence-corrected chi connectivity index (χ2v) is 5.06. The molecule has 22 heavy (non-hydrogen) atoms. The number of esters is 1. The molecule has 1 atom stereocenters. The molecule has 1 aromatic rings. The van der Waals surface area contributed by atoms with Crippen LogP contribution in [0.2, 0.25) is 5.02 Å². The van der Waals surface area contributed by atoms with Gasteiger partial charge in [-0.25, -0.2) is 4.79 Å². The van der Waals surface area contributed by atoms with Gasteiger partial charge in [0, 0.05) is 17.2 Å². The Labute approximate surface area is 131 Å². The summed E-state index contributed by atoms with van der Waals surface area (Å²) in [6.07, 6.45) is 0.785. The maximum absolute atomic E-state index is 11.7. The highest BCUT2D eigenvalue weighted by molar-refractivity contribution is 6.30. The summed E-state index contributed by atoms with van der Waals surface area (Å²) in [4.78, 5) is 34.7. The topological polar surface area (TPSA) is 93.7 Å². The molecule has 1 aliphatic heterocycles. The number of rotatable bonds is 4. The van der Waals surface area contributed by atoms with Gasteiger partial charge in [-0.2, -0.15) is 0 Å². The van der Waals surface area contributed by atoms with E-state index in [1.165, 1.54) is 12.1 Å². The van der Waals surface area contributed by atoms with Crippen molar-refractivity contribution in [1.29, 1.82) is 0 Å². The highest BCUT2D eigenvalue weighted by atomic mass is 35.5. The van der Waals surface area contributed by atoms with Crippen LogP contribution in [0.15, 0.2) is 24.3 Å². The van der Waals surface area contributed by atoms with E-state index in [0.29, 0.717) is 23.6 Å². The van der Waals surface area contributed by atoms with Gasteiger partial charge < -0.3 is 9.47 Å². The van der Waals surface area contributed by atoms with E-state index >= 15 is 0 Å². The highest BCUT2D eigenvalue weighted by Crippen LogP contribution is 2.13. The molecule has 0 unspecified atom stereocenters. The number of hydrogen-bond donors (Lipinski definition) is 2. The molecule has 1 saturated heterocycles. The Morgan fingerprint density at radius 2 is 1.95 bits per heavy atom. The van der Waals surface area contributed by atoms with Crippen LogP contribution < -0.4 is 10.9 Å². The molecule has 0 aliphatic carbocycles. The van der Waals surface area contributed by atoms with Crippen LogP contribution in [0.4, 0.5) is 0 Å². The molecule has 2 N–H and O–H groups in total. The predicted molar refractivity (Wildman–Crippen MR) is 77.0 cm³/mol. The molecule has 0 radical (unpaired) electrons. The van der Waals surface area contributed by atoms with Gasteiger partial charge in [0.1, 0.15) is 0 Å². The number of benzene rings is 1. The maximum Gasteiger partial charge on any atom is 0.335 e. The molecular formula is C14H15ClN2O5. The largest absolute Gasteiger partial charge is 0.454 e. The van der Waals surface area contributed by atoms with E-state index in [1.54, 1.807) is 12.1 Å². The standard InChI is InChI=1S/C14H15ClN2O5/c15-10-5-3-9(4-6-10)13(19)17-16-12(18)8-22-14(20)11-2-1-7-21-11/h3-6,11H,1-2,7-8H2,(H,16,18)(H,17,19)/t11-/m0/s1. The molecule has 1 aliphatic rings. The third-order valence-corrected chi connectivity index (χ3v) is 3.21. The number of carbonyl (C=O) groups excluding carboxylic acids is 3. The lowest BCUT2D eigenvalue weighted by molar-refractivity contribution is -0.157. The normalized spacial score (nSPS) is 16.9. The van der Waals surface area contributed by atoms with Gasteiger partial charge in [-0.05, 0) is 37.1 Å². The Hall–Kier alpha value is -2.12. The van der Waals surface area contributed by atoms with Gasteiger partial charge in [-0.3, -0.25) is 20.4 Å². The Kier molecular flexibility index (Phi) is 5.74. The van der Waals surface area contributed by atoms with Gasteiger partial charge in [0.2, 0.25) is 0 Å². The molecule has 7 nitrogen and oxygen atoms in total. The van der Waals surface area contributed by atoms with Crippen molar-refractivity contribution in [2.45, 2.75) is 18.9 Å². The first-order valence-corrected chi connectivity index (χ1v) is 7.07. The predicted octanol–water partition coefficient (Wildman–Crippen LogP) is 0.823. The molecule has 1 aromatic carbocycles. The summed E-state index contributed by atoms with van der Waals surface area (Å²) in [5.41, 5.74) is 4.69. The molecular weight excluding hydrogens is 312 g/mol. The van der Waals surface area contributed by atoms with Crippen LogP contribution in [0.1, 0.15) is 23.2 Å². The van der Waals surface area contributed by atoms with Crippen LogP contribution in [0, 0.1) is 0 Å². The van der Waals surface area contributed by atoms with E-state index in [9.17, 15) is 14.4 Å². The van der Waals surface area contributed by atoms with Gasteiger partial charge in [0.25, 0.3) is 11.8 Å². The Bertz CT molecular complexity index is 555. The smallest absolute Gasteiger partial charge is 0.335 e. The number of hydrazine groups is 1. The van der Waals surface area contributed by atoms with Gasteiger partial charge in [0.05, 0.1) is 0 Å². The van der Waals surface area contributed by atoms with E-state index in [1.807, 2.05) is 0 Å². The van der Waals surface area contributed by atoms with E-state index in [-0.39, 0.29) is 0 Å². The molecule has 0 spiro atoms. The molecule has 2 amide bonds. The summed E-state index contributed by atoms with van der Waals surface area (Å²) >= 11 is 5.71. The number of ether oxygens (including phenoxy) is 2. The Balaban J connectivity index is 1.69. The van der Waals surface area contributed by atoms with Gasteiger partial charge >= 0.3 is 5.97 Å². The Morgan fingerprint density at radius 1 is 1.23 bits per heavy atom. The van der Waals surface area contributed by atoms with Crippen molar-refractivity contribution in [3.63, 3.8) is 0 Å². The summed E-state index contributed by atoms with van der Waals surface area (Å²) in [5.74, 6) is -1.72. The Morgan fingerprint density at radius 3 is 2.59 bits per heavy atom. The fraction of sp³-hybridized carbons (Fsp3) is 0.357. The molecule has 0 saturated carbocycles. The quantitative estimate of drug-likeness (QED) is 0.631. The summed E-state index contributed by atoms with van der Waals surface area (Å²) < 4.78 is 9.92. The second-order valence-electron chi connectivity index (χ2n) is 4.62. The van der Waals surface area contributed by atoms with E-state index < -0.39 is 30.5 Å². The zero-order chi connectivity index (χ0) is 15.9. The van der Waals surface area contributed by atoms with Crippen molar-refractivity contribution in [2.24, 2.45) is 0 Å². The number of carbonyl (C=O) groups is 3. The molecule has 1 fully saturated rings. The summed E-state index contributed by atoms with van der Waals surface area (Å²) in [6, 6.07) is 6.14. The lowest BCUT2D eigenvalue weighted by Gasteiger charge is -2.10. The lowest BCUT2D eigenvalue weighted by Crippen LogP contribution is -2.44. The van der Waals surface area contributed by atoms with Crippen LogP contribution in [-0.2, 0) is 19.1 Å². The zero-order valence-corrected chi connectivity index (χ0v) is 12.4. The zero-order valence-electron chi connectivity index (χ0n) is 11.6. The number of nitrogens with one attached hydrogen (secondary N) is 2. The van der Waals surface area contributed by atoms with Crippen molar-refractivity contribution in [3.05, 3.63) is 34.9 Å². The minimum absolute atomic E-state index is 0.334. The van der Waals surface area contributed by atoms with Gasteiger partial charge in [0.15, 0.2) is 12.7 Å².